The van der Waals surface area contributed by atoms with E-state index >= 15 is 0 Å². The average molecular weight is 384 g/mol. The standard InChI is InChI=1S/C19H17FN4O2S/c1-11-4-3-5-14(16(11)17(21)25)23-18(26)15-10-22-19(27-2)24(15)13-8-6-12(20)7-9-13/h3-10H,1-2H3,(H2,21,25)(H,23,26). The lowest BCUT2D eigenvalue weighted by atomic mass is 10.1. The monoisotopic (exact) mass is 384 g/mol. The van der Waals surface area contributed by atoms with Gasteiger partial charge in [-0.25, -0.2) is 9.37 Å². The third-order valence-corrected chi connectivity index (χ3v) is 4.65. The SMILES string of the molecule is CSc1ncc(C(=O)Nc2cccc(C)c2C(N)=O)n1-c1ccc(F)cc1. The second kappa shape index (κ2) is 7.63. The van der Waals surface area contributed by atoms with Crippen LogP contribution in [0.3, 0.4) is 0 Å². The van der Waals surface area contributed by atoms with Crippen molar-refractivity contribution >= 4 is 29.3 Å². The van der Waals surface area contributed by atoms with Crippen LogP contribution in [0.25, 0.3) is 5.69 Å². The molecular formula is C19H17FN4O2S. The molecule has 2 amide bonds. The van der Waals surface area contributed by atoms with Gasteiger partial charge in [0.15, 0.2) is 5.16 Å². The van der Waals surface area contributed by atoms with Gasteiger partial charge in [-0.05, 0) is 49.1 Å². The molecule has 1 heterocycles. The van der Waals surface area contributed by atoms with Crippen LogP contribution >= 0.6 is 11.8 Å². The van der Waals surface area contributed by atoms with Crippen LogP contribution in [-0.4, -0.2) is 27.6 Å². The van der Waals surface area contributed by atoms with E-state index in [9.17, 15) is 14.0 Å². The van der Waals surface area contributed by atoms with E-state index in [0.29, 0.717) is 22.1 Å². The van der Waals surface area contributed by atoms with Gasteiger partial charge in [0.05, 0.1) is 17.4 Å². The molecule has 8 heteroatoms. The summed E-state index contributed by atoms with van der Waals surface area (Å²) in [5, 5.41) is 3.30. The van der Waals surface area contributed by atoms with Gasteiger partial charge >= 0.3 is 0 Å². The van der Waals surface area contributed by atoms with Crippen molar-refractivity contribution in [1.29, 1.82) is 0 Å². The molecule has 1 aromatic heterocycles. The number of halogens is 1. The van der Waals surface area contributed by atoms with Crippen LogP contribution in [0.4, 0.5) is 10.1 Å². The summed E-state index contributed by atoms with van der Waals surface area (Å²) in [6, 6.07) is 10.8. The summed E-state index contributed by atoms with van der Waals surface area (Å²) in [6.45, 7) is 1.74. The van der Waals surface area contributed by atoms with Crippen molar-refractivity contribution in [1.82, 2.24) is 9.55 Å². The molecule has 0 saturated carbocycles. The molecular weight excluding hydrogens is 367 g/mol. The van der Waals surface area contributed by atoms with Gasteiger partial charge in [-0.3, -0.25) is 14.2 Å². The number of benzene rings is 2. The third-order valence-electron chi connectivity index (χ3n) is 4.00. The Kier molecular flexibility index (Phi) is 5.27. The van der Waals surface area contributed by atoms with Crippen molar-refractivity contribution < 1.29 is 14.0 Å². The number of nitrogens with two attached hydrogens (primary N) is 1. The minimum atomic E-state index is -0.625. The molecule has 0 fully saturated rings. The van der Waals surface area contributed by atoms with E-state index in [2.05, 4.69) is 10.3 Å². The number of primary amides is 1. The van der Waals surface area contributed by atoms with E-state index < -0.39 is 11.8 Å². The topological polar surface area (TPSA) is 90.0 Å². The summed E-state index contributed by atoms with van der Waals surface area (Å²) in [6.07, 6.45) is 3.26. The Bertz CT molecular complexity index is 1020. The van der Waals surface area contributed by atoms with Crippen molar-refractivity contribution in [3.8, 4) is 5.69 Å². The summed E-state index contributed by atoms with van der Waals surface area (Å²) >= 11 is 1.35. The number of hydrogen-bond acceptors (Lipinski definition) is 4. The number of rotatable bonds is 5. The molecule has 0 bridgehead atoms. The van der Waals surface area contributed by atoms with E-state index in [4.69, 9.17) is 5.73 Å². The Morgan fingerprint density at radius 1 is 1.19 bits per heavy atom. The molecule has 0 radical (unpaired) electrons. The number of amides is 2. The zero-order chi connectivity index (χ0) is 19.6. The van der Waals surface area contributed by atoms with Gasteiger partial charge in [-0.1, -0.05) is 23.9 Å². The van der Waals surface area contributed by atoms with Gasteiger partial charge in [0.2, 0.25) is 0 Å². The molecule has 6 nitrogen and oxygen atoms in total. The Balaban J connectivity index is 2.02. The fourth-order valence-electron chi connectivity index (χ4n) is 2.76. The number of aryl methyl sites for hydroxylation is 1. The van der Waals surface area contributed by atoms with Crippen molar-refractivity contribution in [2.45, 2.75) is 12.1 Å². The molecule has 0 spiro atoms. The van der Waals surface area contributed by atoms with E-state index in [1.807, 2.05) is 6.26 Å². The highest BCUT2D eigenvalue weighted by molar-refractivity contribution is 7.98. The number of carbonyl (C=O) groups is 2. The van der Waals surface area contributed by atoms with E-state index in [1.165, 1.54) is 30.1 Å². The minimum Gasteiger partial charge on any atom is -0.366 e. The first-order chi connectivity index (χ1) is 12.9. The van der Waals surface area contributed by atoms with Crippen molar-refractivity contribution in [2.75, 3.05) is 11.6 Å². The van der Waals surface area contributed by atoms with Gasteiger partial charge in [0, 0.05) is 5.69 Å². The fourth-order valence-corrected chi connectivity index (χ4v) is 3.31. The number of nitrogens with one attached hydrogen (secondary N) is 1. The number of aromatic nitrogens is 2. The molecule has 3 N–H and O–H groups in total. The first kappa shape index (κ1) is 18.7. The Hall–Kier alpha value is -3.13. The Labute approximate surface area is 159 Å². The van der Waals surface area contributed by atoms with Crippen molar-refractivity contribution in [2.24, 2.45) is 5.73 Å². The maximum atomic E-state index is 13.3. The second-order valence-electron chi connectivity index (χ2n) is 5.76. The summed E-state index contributed by atoms with van der Waals surface area (Å²) < 4.78 is 14.9. The molecule has 27 heavy (non-hydrogen) atoms. The molecule has 138 valence electrons. The zero-order valence-electron chi connectivity index (χ0n) is 14.7. The number of carbonyl (C=O) groups excluding carboxylic acids is 2. The van der Waals surface area contributed by atoms with E-state index in [1.54, 1.807) is 41.8 Å². The van der Waals surface area contributed by atoms with Gasteiger partial charge in [-0.2, -0.15) is 0 Å². The largest absolute Gasteiger partial charge is 0.366 e. The Morgan fingerprint density at radius 2 is 1.89 bits per heavy atom. The normalized spacial score (nSPS) is 10.6. The lowest BCUT2D eigenvalue weighted by Crippen LogP contribution is -2.21. The van der Waals surface area contributed by atoms with Crippen LogP contribution in [0.2, 0.25) is 0 Å². The maximum Gasteiger partial charge on any atom is 0.274 e. The average Bonchev–Trinajstić information content (AvgIpc) is 3.06. The van der Waals surface area contributed by atoms with Crippen LogP contribution in [-0.2, 0) is 0 Å². The highest BCUT2D eigenvalue weighted by Gasteiger charge is 2.20. The first-order valence-corrected chi connectivity index (χ1v) is 9.23. The Morgan fingerprint density at radius 3 is 2.52 bits per heavy atom. The van der Waals surface area contributed by atoms with E-state index in [0.717, 1.165) is 0 Å². The molecule has 0 unspecified atom stereocenters. The highest BCUT2D eigenvalue weighted by Crippen LogP contribution is 2.24. The van der Waals surface area contributed by atoms with Gasteiger partial charge in [-0.15, -0.1) is 0 Å². The van der Waals surface area contributed by atoms with Crippen LogP contribution in [0.15, 0.2) is 53.8 Å². The predicted octanol–water partition coefficient (Wildman–Crippen LogP) is 3.39. The quantitative estimate of drug-likeness (QED) is 0.660. The predicted molar refractivity (Wildman–Crippen MR) is 103 cm³/mol. The minimum absolute atomic E-state index is 0.253. The number of thioether (sulfide) groups is 1. The van der Waals surface area contributed by atoms with Crippen molar-refractivity contribution in [3.05, 3.63) is 71.3 Å². The van der Waals surface area contributed by atoms with Gasteiger partial charge in [0.1, 0.15) is 11.5 Å². The fraction of sp³-hybridized carbons (Fsp3) is 0.105. The maximum absolute atomic E-state index is 13.3. The molecule has 0 aliphatic heterocycles. The number of hydrogen-bond donors (Lipinski definition) is 2. The third kappa shape index (κ3) is 3.70. The summed E-state index contributed by atoms with van der Waals surface area (Å²) in [5.74, 6) is -1.46. The lowest BCUT2D eigenvalue weighted by Gasteiger charge is -2.13. The molecule has 2 aromatic carbocycles. The van der Waals surface area contributed by atoms with Gasteiger partial charge < -0.3 is 11.1 Å². The van der Waals surface area contributed by atoms with E-state index in [-0.39, 0.29) is 17.1 Å². The molecule has 3 aromatic rings. The van der Waals surface area contributed by atoms with Crippen molar-refractivity contribution in [3.63, 3.8) is 0 Å². The molecule has 0 aliphatic rings. The lowest BCUT2D eigenvalue weighted by molar-refractivity contribution is 0.100. The summed E-state index contributed by atoms with van der Waals surface area (Å²) in [5.41, 5.74) is 7.54. The number of anilines is 1. The zero-order valence-corrected chi connectivity index (χ0v) is 15.5. The summed E-state index contributed by atoms with van der Waals surface area (Å²) in [4.78, 5) is 28.9. The molecule has 0 aliphatic carbocycles. The smallest absolute Gasteiger partial charge is 0.274 e. The highest BCUT2D eigenvalue weighted by atomic mass is 32.2. The molecule has 3 rings (SSSR count). The van der Waals surface area contributed by atoms with Crippen LogP contribution in [0.1, 0.15) is 26.4 Å². The first-order valence-electron chi connectivity index (χ1n) is 8.00. The molecule has 0 atom stereocenters. The number of nitrogens with zero attached hydrogens (tertiary/aromatic N) is 2. The number of imidazole rings is 1. The molecule has 0 saturated heterocycles. The second-order valence-corrected chi connectivity index (χ2v) is 6.53. The van der Waals surface area contributed by atoms with Crippen LogP contribution in [0.5, 0.6) is 0 Å². The van der Waals surface area contributed by atoms with Gasteiger partial charge in [0.25, 0.3) is 11.8 Å². The summed E-state index contributed by atoms with van der Waals surface area (Å²) in [7, 11) is 0. The van der Waals surface area contributed by atoms with Crippen LogP contribution in [0, 0.1) is 12.7 Å². The van der Waals surface area contributed by atoms with Crippen LogP contribution < -0.4 is 11.1 Å².